The summed E-state index contributed by atoms with van der Waals surface area (Å²) in [5.74, 6) is -0.806. The fourth-order valence-corrected chi connectivity index (χ4v) is 1.30. The van der Waals surface area contributed by atoms with Crippen molar-refractivity contribution in [2.24, 2.45) is 0 Å². The van der Waals surface area contributed by atoms with Gasteiger partial charge in [-0.3, -0.25) is 4.79 Å². The lowest BCUT2D eigenvalue weighted by molar-refractivity contribution is -0.131. The SMILES string of the molecule is CCn1cc(N)cc1C(=O)OCC(=O)N(C)C. The van der Waals surface area contributed by atoms with E-state index in [2.05, 4.69) is 0 Å². The molecule has 17 heavy (non-hydrogen) atoms. The second kappa shape index (κ2) is 5.38. The minimum absolute atomic E-state index is 0.263. The summed E-state index contributed by atoms with van der Waals surface area (Å²) in [6.45, 7) is 2.24. The summed E-state index contributed by atoms with van der Waals surface area (Å²) in [5, 5.41) is 0. The normalized spacial score (nSPS) is 10.1. The minimum Gasteiger partial charge on any atom is -0.451 e. The number of aryl methyl sites for hydroxylation is 1. The zero-order valence-electron chi connectivity index (χ0n) is 10.3. The van der Waals surface area contributed by atoms with E-state index in [1.807, 2.05) is 6.92 Å². The number of hydrogen-bond acceptors (Lipinski definition) is 4. The van der Waals surface area contributed by atoms with E-state index < -0.39 is 5.97 Å². The number of carbonyl (C=O) groups is 2. The van der Waals surface area contributed by atoms with Crippen molar-refractivity contribution >= 4 is 17.6 Å². The van der Waals surface area contributed by atoms with Gasteiger partial charge in [-0.25, -0.2) is 4.79 Å². The van der Waals surface area contributed by atoms with E-state index in [0.717, 1.165) is 0 Å². The van der Waals surface area contributed by atoms with Crippen LogP contribution in [0.4, 0.5) is 5.69 Å². The lowest BCUT2D eigenvalue weighted by atomic mass is 10.4. The number of aromatic nitrogens is 1. The summed E-state index contributed by atoms with van der Waals surface area (Å²) in [4.78, 5) is 24.3. The van der Waals surface area contributed by atoms with Gasteiger partial charge in [-0.15, -0.1) is 0 Å². The molecule has 2 N–H and O–H groups in total. The second-order valence-corrected chi connectivity index (χ2v) is 3.81. The lowest BCUT2D eigenvalue weighted by Crippen LogP contribution is -2.28. The number of nitrogen functional groups attached to an aromatic ring is 1. The van der Waals surface area contributed by atoms with Crippen LogP contribution in [-0.4, -0.2) is 42.0 Å². The van der Waals surface area contributed by atoms with Crippen LogP contribution in [0.5, 0.6) is 0 Å². The molecule has 0 aliphatic rings. The van der Waals surface area contributed by atoms with Crippen molar-refractivity contribution in [3.63, 3.8) is 0 Å². The quantitative estimate of drug-likeness (QED) is 0.768. The van der Waals surface area contributed by atoms with E-state index in [1.54, 1.807) is 24.9 Å². The molecule has 0 radical (unpaired) electrons. The third kappa shape index (κ3) is 3.24. The molecule has 1 rings (SSSR count). The van der Waals surface area contributed by atoms with Gasteiger partial charge in [-0.05, 0) is 13.0 Å². The van der Waals surface area contributed by atoms with Crippen LogP contribution in [0.25, 0.3) is 0 Å². The van der Waals surface area contributed by atoms with Gasteiger partial charge >= 0.3 is 5.97 Å². The van der Waals surface area contributed by atoms with Crippen LogP contribution >= 0.6 is 0 Å². The number of hydrogen-bond donors (Lipinski definition) is 1. The van der Waals surface area contributed by atoms with Gasteiger partial charge in [0.15, 0.2) is 6.61 Å². The topological polar surface area (TPSA) is 77.6 Å². The van der Waals surface area contributed by atoms with Crippen LogP contribution in [-0.2, 0) is 16.1 Å². The summed E-state index contributed by atoms with van der Waals surface area (Å²) < 4.78 is 6.58. The Balaban J connectivity index is 2.67. The molecule has 1 amide bonds. The molecule has 0 fully saturated rings. The highest BCUT2D eigenvalue weighted by Gasteiger charge is 2.15. The molecule has 0 atom stereocenters. The van der Waals surface area contributed by atoms with Crippen molar-refractivity contribution in [3.8, 4) is 0 Å². The number of anilines is 1. The van der Waals surface area contributed by atoms with E-state index in [0.29, 0.717) is 17.9 Å². The number of carbonyl (C=O) groups excluding carboxylic acids is 2. The molecule has 0 unspecified atom stereocenters. The molecule has 6 heteroatoms. The first-order valence-electron chi connectivity index (χ1n) is 5.28. The van der Waals surface area contributed by atoms with Crippen molar-refractivity contribution in [1.82, 2.24) is 9.47 Å². The van der Waals surface area contributed by atoms with Crippen molar-refractivity contribution in [2.45, 2.75) is 13.5 Å². The third-order valence-electron chi connectivity index (χ3n) is 2.29. The average molecular weight is 239 g/mol. The van der Waals surface area contributed by atoms with E-state index in [-0.39, 0.29) is 12.5 Å². The van der Waals surface area contributed by atoms with Crippen LogP contribution in [0.1, 0.15) is 17.4 Å². The minimum atomic E-state index is -0.543. The highest BCUT2D eigenvalue weighted by molar-refractivity contribution is 5.91. The first-order valence-corrected chi connectivity index (χ1v) is 5.28. The second-order valence-electron chi connectivity index (χ2n) is 3.81. The molecule has 1 aromatic rings. The number of nitrogens with zero attached hydrogens (tertiary/aromatic N) is 2. The molecular formula is C11H17N3O3. The van der Waals surface area contributed by atoms with Crippen LogP contribution in [0.3, 0.4) is 0 Å². The van der Waals surface area contributed by atoms with Gasteiger partial charge in [0, 0.05) is 26.8 Å². The van der Waals surface area contributed by atoms with Crippen molar-refractivity contribution in [2.75, 3.05) is 26.4 Å². The molecule has 0 saturated heterocycles. The molecule has 1 heterocycles. The van der Waals surface area contributed by atoms with Crippen molar-refractivity contribution in [1.29, 1.82) is 0 Å². The van der Waals surface area contributed by atoms with E-state index in [9.17, 15) is 9.59 Å². The zero-order chi connectivity index (χ0) is 13.0. The number of esters is 1. The Kier molecular flexibility index (Phi) is 4.14. The maximum absolute atomic E-state index is 11.7. The number of rotatable bonds is 4. The maximum Gasteiger partial charge on any atom is 0.355 e. The Morgan fingerprint density at radius 1 is 1.47 bits per heavy atom. The monoisotopic (exact) mass is 239 g/mol. The Morgan fingerprint density at radius 2 is 2.12 bits per heavy atom. The zero-order valence-corrected chi connectivity index (χ0v) is 10.3. The summed E-state index contributed by atoms with van der Waals surface area (Å²) in [7, 11) is 3.20. The number of amides is 1. The van der Waals surface area contributed by atoms with Gasteiger partial charge < -0.3 is 19.9 Å². The summed E-state index contributed by atoms with van der Waals surface area (Å²) >= 11 is 0. The highest BCUT2D eigenvalue weighted by atomic mass is 16.5. The number of ether oxygens (including phenoxy) is 1. The van der Waals surface area contributed by atoms with Crippen LogP contribution in [0, 0.1) is 0 Å². The lowest BCUT2D eigenvalue weighted by Gasteiger charge is -2.11. The van der Waals surface area contributed by atoms with E-state index in [4.69, 9.17) is 10.5 Å². The fourth-order valence-electron chi connectivity index (χ4n) is 1.30. The number of nitrogens with two attached hydrogens (primary N) is 1. The summed E-state index contributed by atoms with van der Waals surface area (Å²) in [6, 6.07) is 1.53. The first kappa shape index (κ1) is 13.1. The van der Waals surface area contributed by atoms with Gasteiger partial charge in [0.25, 0.3) is 5.91 Å². The predicted molar refractivity (Wildman–Crippen MR) is 63.5 cm³/mol. The average Bonchev–Trinajstić information content (AvgIpc) is 2.66. The fraction of sp³-hybridized carbons (Fsp3) is 0.455. The standard InChI is InChI=1S/C11H17N3O3/c1-4-14-6-8(12)5-9(14)11(16)17-7-10(15)13(2)3/h5-6H,4,7,12H2,1-3H3. The van der Waals surface area contributed by atoms with Gasteiger partial charge in [0.2, 0.25) is 0 Å². The van der Waals surface area contributed by atoms with Crippen molar-refractivity contribution in [3.05, 3.63) is 18.0 Å². The predicted octanol–water partition coefficient (Wildman–Crippen LogP) is 0.335. The van der Waals surface area contributed by atoms with Gasteiger partial charge in [0.1, 0.15) is 5.69 Å². The molecule has 0 aliphatic heterocycles. The number of likely N-dealkylation sites (N-methyl/N-ethyl adjacent to an activating group) is 1. The molecular weight excluding hydrogens is 222 g/mol. The molecule has 1 aromatic heterocycles. The van der Waals surface area contributed by atoms with Gasteiger partial charge in [-0.2, -0.15) is 0 Å². The van der Waals surface area contributed by atoms with Crippen LogP contribution in [0.2, 0.25) is 0 Å². The molecule has 0 bridgehead atoms. The Labute approximate surface area is 99.9 Å². The van der Waals surface area contributed by atoms with E-state index >= 15 is 0 Å². The molecule has 94 valence electrons. The third-order valence-corrected chi connectivity index (χ3v) is 2.29. The first-order chi connectivity index (χ1) is 7.95. The Hall–Kier alpha value is -1.98. The molecule has 0 aromatic carbocycles. The van der Waals surface area contributed by atoms with Gasteiger partial charge in [-0.1, -0.05) is 0 Å². The molecule has 6 nitrogen and oxygen atoms in total. The van der Waals surface area contributed by atoms with Crippen LogP contribution in [0.15, 0.2) is 12.3 Å². The van der Waals surface area contributed by atoms with Crippen molar-refractivity contribution < 1.29 is 14.3 Å². The molecule has 0 saturated carbocycles. The summed E-state index contributed by atoms with van der Waals surface area (Å²) in [6.07, 6.45) is 1.66. The van der Waals surface area contributed by atoms with Crippen LogP contribution < -0.4 is 5.73 Å². The summed E-state index contributed by atoms with van der Waals surface area (Å²) in [5.41, 5.74) is 6.45. The maximum atomic E-state index is 11.7. The Morgan fingerprint density at radius 3 is 2.65 bits per heavy atom. The Bertz CT molecular complexity index is 424. The highest BCUT2D eigenvalue weighted by Crippen LogP contribution is 2.11. The van der Waals surface area contributed by atoms with Gasteiger partial charge in [0.05, 0.1) is 5.69 Å². The molecule has 0 aliphatic carbocycles. The smallest absolute Gasteiger partial charge is 0.355 e. The van der Waals surface area contributed by atoms with E-state index in [1.165, 1.54) is 11.0 Å². The molecule has 0 spiro atoms. The largest absolute Gasteiger partial charge is 0.451 e.